The number of halogens is 1. The van der Waals surface area contributed by atoms with Crippen LogP contribution in [0, 0.1) is 0 Å². The second-order valence-electron chi connectivity index (χ2n) is 5.44. The lowest BCUT2D eigenvalue weighted by molar-refractivity contribution is -0.124. The number of carbonyl (C=O) groups is 2. The molecule has 0 aliphatic heterocycles. The van der Waals surface area contributed by atoms with Gasteiger partial charge in [-0.2, -0.15) is 0 Å². The van der Waals surface area contributed by atoms with Crippen LogP contribution in [0.1, 0.15) is 29.3 Å². The van der Waals surface area contributed by atoms with Crippen LogP contribution in [0.25, 0.3) is 0 Å². The average molecular weight is 347 g/mol. The van der Waals surface area contributed by atoms with Gasteiger partial charge in [0.05, 0.1) is 5.56 Å². The number of rotatable bonds is 7. The summed E-state index contributed by atoms with van der Waals surface area (Å²) in [5, 5.41) is 3.10. The molecule has 24 heavy (non-hydrogen) atoms. The fraction of sp³-hybridized carbons (Fsp3) is 0.278. The summed E-state index contributed by atoms with van der Waals surface area (Å²) in [4.78, 5) is 27.4. The maximum Gasteiger partial charge on any atom is 0.340 e. The highest BCUT2D eigenvalue weighted by Gasteiger charge is 2.12. The molecule has 1 aromatic heterocycles. The molecule has 2 rings (SSSR count). The lowest BCUT2D eigenvalue weighted by Crippen LogP contribution is -2.36. The van der Waals surface area contributed by atoms with Crippen molar-refractivity contribution in [2.75, 3.05) is 6.61 Å². The molecule has 1 atom stereocenters. The molecule has 0 radical (unpaired) electrons. The van der Waals surface area contributed by atoms with Crippen molar-refractivity contribution in [3.63, 3.8) is 0 Å². The van der Waals surface area contributed by atoms with E-state index in [1.807, 2.05) is 25.1 Å². The van der Waals surface area contributed by atoms with E-state index in [2.05, 4.69) is 22.4 Å². The summed E-state index contributed by atoms with van der Waals surface area (Å²) in [7, 11) is 0. The SMILES string of the molecule is C[C@H](CCc1ccccc1)NC(=O)COC(=O)c1ccc(Cl)nc1. The van der Waals surface area contributed by atoms with Gasteiger partial charge in [-0.15, -0.1) is 0 Å². The van der Waals surface area contributed by atoms with Crippen LogP contribution in [0.2, 0.25) is 5.15 Å². The number of aromatic nitrogens is 1. The third kappa shape index (κ3) is 6.01. The Morgan fingerprint density at radius 3 is 2.62 bits per heavy atom. The number of carbonyl (C=O) groups excluding carboxylic acids is 2. The topological polar surface area (TPSA) is 68.3 Å². The van der Waals surface area contributed by atoms with E-state index in [0.29, 0.717) is 0 Å². The summed E-state index contributed by atoms with van der Waals surface area (Å²) in [5.74, 6) is -0.933. The minimum Gasteiger partial charge on any atom is -0.452 e. The summed E-state index contributed by atoms with van der Waals surface area (Å²) in [6.45, 7) is 1.60. The van der Waals surface area contributed by atoms with Gasteiger partial charge in [0.25, 0.3) is 5.91 Å². The molecule has 0 fully saturated rings. The minimum absolute atomic E-state index is 0.00592. The van der Waals surface area contributed by atoms with Crippen LogP contribution >= 0.6 is 11.6 Å². The van der Waals surface area contributed by atoms with Gasteiger partial charge < -0.3 is 10.1 Å². The zero-order chi connectivity index (χ0) is 17.4. The maximum absolute atomic E-state index is 11.8. The van der Waals surface area contributed by atoms with E-state index in [0.717, 1.165) is 12.8 Å². The van der Waals surface area contributed by atoms with Crippen LogP contribution < -0.4 is 5.32 Å². The van der Waals surface area contributed by atoms with Crippen molar-refractivity contribution in [2.24, 2.45) is 0 Å². The summed E-state index contributed by atoms with van der Waals surface area (Å²) >= 11 is 5.65. The first-order valence-electron chi connectivity index (χ1n) is 7.66. The molecule has 1 N–H and O–H groups in total. The molecule has 1 aromatic carbocycles. The highest BCUT2D eigenvalue weighted by molar-refractivity contribution is 6.29. The molecular weight excluding hydrogens is 328 g/mol. The van der Waals surface area contributed by atoms with E-state index in [-0.39, 0.29) is 29.3 Å². The van der Waals surface area contributed by atoms with Crippen LogP contribution in [0.3, 0.4) is 0 Å². The van der Waals surface area contributed by atoms with Crippen molar-refractivity contribution in [2.45, 2.75) is 25.8 Å². The molecule has 0 bridgehead atoms. The second kappa shape index (κ2) is 9.03. The molecule has 0 saturated carbocycles. The standard InChI is InChI=1S/C18H19ClN2O3/c1-13(7-8-14-5-3-2-4-6-14)21-17(22)12-24-18(23)15-9-10-16(19)20-11-15/h2-6,9-11,13H,7-8,12H2,1H3,(H,21,22)/t13-/m1/s1. The quantitative estimate of drug-likeness (QED) is 0.618. The molecule has 0 aliphatic carbocycles. The summed E-state index contributed by atoms with van der Waals surface area (Å²) in [5.41, 5.74) is 1.48. The van der Waals surface area contributed by atoms with Crippen molar-refractivity contribution in [1.29, 1.82) is 0 Å². The van der Waals surface area contributed by atoms with Gasteiger partial charge >= 0.3 is 5.97 Å². The fourth-order valence-electron chi connectivity index (χ4n) is 2.13. The Balaban J connectivity index is 1.70. The molecule has 2 aromatic rings. The third-order valence-corrected chi connectivity index (χ3v) is 3.64. The first-order valence-corrected chi connectivity index (χ1v) is 8.04. The van der Waals surface area contributed by atoms with Gasteiger partial charge in [0.2, 0.25) is 0 Å². The number of hydrogen-bond acceptors (Lipinski definition) is 4. The lowest BCUT2D eigenvalue weighted by Gasteiger charge is -2.14. The number of nitrogens with one attached hydrogen (secondary N) is 1. The maximum atomic E-state index is 11.8. The van der Waals surface area contributed by atoms with Crippen LogP contribution in [0.4, 0.5) is 0 Å². The number of ether oxygens (including phenoxy) is 1. The van der Waals surface area contributed by atoms with Crippen molar-refractivity contribution in [3.05, 3.63) is 64.9 Å². The molecule has 0 saturated heterocycles. The van der Waals surface area contributed by atoms with Crippen molar-refractivity contribution >= 4 is 23.5 Å². The zero-order valence-corrected chi connectivity index (χ0v) is 14.1. The van der Waals surface area contributed by atoms with Crippen LogP contribution in [0.5, 0.6) is 0 Å². The third-order valence-electron chi connectivity index (χ3n) is 3.41. The van der Waals surface area contributed by atoms with E-state index in [1.165, 1.54) is 23.9 Å². The van der Waals surface area contributed by atoms with Gasteiger partial charge in [-0.3, -0.25) is 4.79 Å². The Hall–Kier alpha value is -2.40. The summed E-state index contributed by atoms with van der Waals surface area (Å²) < 4.78 is 4.96. The van der Waals surface area contributed by atoms with Crippen molar-refractivity contribution in [1.82, 2.24) is 10.3 Å². The number of esters is 1. The van der Waals surface area contributed by atoms with Gasteiger partial charge in [0, 0.05) is 12.2 Å². The van der Waals surface area contributed by atoms with Crippen molar-refractivity contribution < 1.29 is 14.3 Å². The predicted molar refractivity (Wildman–Crippen MR) is 91.9 cm³/mol. The fourth-order valence-corrected chi connectivity index (χ4v) is 2.24. The molecule has 0 spiro atoms. The molecule has 0 aliphatic rings. The number of nitrogens with zero attached hydrogens (tertiary/aromatic N) is 1. The van der Waals surface area contributed by atoms with E-state index in [9.17, 15) is 9.59 Å². The molecule has 126 valence electrons. The van der Waals surface area contributed by atoms with Gasteiger partial charge in [0.15, 0.2) is 6.61 Å². The molecule has 5 nitrogen and oxygen atoms in total. The van der Waals surface area contributed by atoms with E-state index in [1.54, 1.807) is 0 Å². The summed E-state index contributed by atoms with van der Waals surface area (Å²) in [6.07, 6.45) is 2.99. The van der Waals surface area contributed by atoms with Crippen LogP contribution in [-0.2, 0) is 16.0 Å². The first-order chi connectivity index (χ1) is 11.5. The van der Waals surface area contributed by atoms with Crippen LogP contribution in [0.15, 0.2) is 48.7 Å². The average Bonchev–Trinajstić information content (AvgIpc) is 2.59. The highest BCUT2D eigenvalue weighted by atomic mass is 35.5. The van der Waals surface area contributed by atoms with Crippen LogP contribution in [-0.4, -0.2) is 29.5 Å². The minimum atomic E-state index is -0.605. The van der Waals surface area contributed by atoms with Gasteiger partial charge in [-0.1, -0.05) is 41.9 Å². The number of pyridine rings is 1. The Morgan fingerprint density at radius 1 is 1.21 bits per heavy atom. The van der Waals surface area contributed by atoms with E-state index < -0.39 is 5.97 Å². The van der Waals surface area contributed by atoms with E-state index in [4.69, 9.17) is 16.3 Å². The molecule has 0 unspecified atom stereocenters. The Kier molecular flexibility index (Phi) is 6.75. The normalized spacial score (nSPS) is 11.6. The first kappa shape index (κ1) is 17.9. The zero-order valence-electron chi connectivity index (χ0n) is 13.4. The monoisotopic (exact) mass is 346 g/mol. The number of benzene rings is 1. The van der Waals surface area contributed by atoms with Gasteiger partial charge in [-0.25, -0.2) is 9.78 Å². The number of hydrogen-bond donors (Lipinski definition) is 1. The molecule has 1 amide bonds. The Bertz CT molecular complexity index is 674. The predicted octanol–water partition coefficient (Wildman–Crippen LogP) is 3.03. The second-order valence-corrected chi connectivity index (χ2v) is 5.83. The van der Waals surface area contributed by atoms with E-state index >= 15 is 0 Å². The molecular formula is C18H19ClN2O3. The summed E-state index contributed by atoms with van der Waals surface area (Å²) in [6, 6.07) is 13.0. The smallest absolute Gasteiger partial charge is 0.340 e. The lowest BCUT2D eigenvalue weighted by atomic mass is 10.1. The Morgan fingerprint density at radius 2 is 1.96 bits per heavy atom. The highest BCUT2D eigenvalue weighted by Crippen LogP contribution is 2.07. The largest absolute Gasteiger partial charge is 0.452 e. The Labute approximate surface area is 146 Å². The van der Waals surface area contributed by atoms with Gasteiger partial charge in [0.1, 0.15) is 5.15 Å². The van der Waals surface area contributed by atoms with Gasteiger partial charge in [-0.05, 0) is 37.5 Å². The number of amides is 1. The van der Waals surface area contributed by atoms with Crippen molar-refractivity contribution in [3.8, 4) is 0 Å². The number of aryl methyl sites for hydroxylation is 1. The molecule has 1 heterocycles. The molecule has 6 heteroatoms.